The van der Waals surface area contributed by atoms with E-state index in [4.69, 9.17) is 0 Å². The highest BCUT2D eigenvalue weighted by molar-refractivity contribution is 6.18. The van der Waals surface area contributed by atoms with Crippen molar-refractivity contribution >= 4 is 71.4 Å². The van der Waals surface area contributed by atoms with Crippen molar-refractivity contribution < 1.29 is 0 Å². The molecule has 0 bridgehead atoms. The fourth-order valence-corrected chi connectivity index (χ4v) is 12.6. The third kappa shape index (κ3) is 6.72. The molecule has 350 valence electrons. The summed E-state index contributed by atoms with van der Waals surface area (Å²) in [5.41, 5.74) is 22.8. The molecule has 0 amide bonds. The lowest BCUT2D eigenvalue weighted by Gasteiger charge is -2.33. The summed E-state index contributed by atoms with van der Waals surface area (Å²) in [4.78, 5) is 2.52. The lowest BCUT2D eigenvalue weighted by Crippen LogP contribution is -2.26. The van der Waals surface area contributed by atoms with Gasteiger partial charge in [-0.2, -0.15) is 0 Å². The number of aryl methyl sites for hydroxylation is 5. The third-order valence-electron chi connectivity index (χ3n) is 15.7. The van der Waals surface area contributed by atoms with Crippen LogP contribution in [0.5, 0.6) is 0 Å². The second-order valence-corrected chi connectivity index (χ2v) is 19.9. The van der Waals surface area contributed by atoms with Crippen molar-refractivity contribution in [1.29, 1.82) is 0 Å². The monoisotopic (exact) mass is 937 g/mol. The number of hydrogen-bond acceptors (Lipinski definition) is 1. The zero-order chi connectivity index (χ0) is 49.4. The molecule has 0 N–H and O–H groups in total. The van der Waals surface area contributed by atoms with Crippen LogP contribution >= 0.6 is 0 Å². The first-order valence-corrected chi connectivity index (χ1v) is 25.5. The summed E-state index contributed by atoms with van der Waals surface area (Å²) in [5, 5.41) is 7.77. The molecule has 0 radical (unpaired) electrons. The summed E-state index contributed by atoms with van der Waals surface area (Å²) < 4.78 is 4.59. The first-order valence-electron chi connectivity index (χ1n) is 25.5. The summed E-state index contributed by atoms with van der Waals surface area (Å²) in [5.74, 6) is 0. The minimum Gasteiger partial charge on any atom is -0.344 e. The normalized spacial score (nSPS) is 12.6. The number of hydrogen-bond donors (Lipinski definition) is 0. The number of para-hydroxylation sites is 3. The molecule has 0 aliphatic heterocycles. The molecule has 1 spiro atoms. The van der Waals surface area contributed by atoms with Gasteiger partial charge >= 0.3 is 0 Å². The number of rotatable bonds is 3. The van der Waals surface area contributed by atoms with Crippen molar-refractivity contribution in [2.24, 2.45) is 14.1 Å². The lowest BCUT2D eigenvalue weighted by atomic mass is 9.70. The number of nitrogens with zero attached hydrogens (tertiary/aromatic N) is 3. The van der Waals surface area contributed by atoms with E-state index in [2.05, 4.69) is 273 Å². The zero-order valence-corrected chi connectivity index (χ0v) is 41.9. The molecule has 0 atom stereocenters. The summed E-state index contributed by atoms with van der Waals surface area (Å²) in [6.45, 7) is 6.49. The smallest absolute Gasteiger partial charge is 0.0726 e. The first-order chi connectivity index (χ1) is 35.8. The van der Waals surface area contributed by atoms with Crippen molar-refractivity contribution in [2.75, 3.05) is 4.90 Å². The Labute approximate surface area is 427 Å². The highest BCUT2D eigenvalue weighted by Gasteiger charge is 2.52. The molecular weight excluding hydrogens is 883 g/mol. The van der Waals surface area contributed by atoms with Crippen LogP contribution in [0, 0.1) is 20.8 Å². The Balaban J connectivity index is 0.000000193. The summed E-state index contributed by atoms with van der Waals surface area (Å²) >= 11 is 0. The average molecular weight is 938 g/mol. The summed E-state index contributed by atoms with van der Waals surface area (Å²) in [7, 11) is 4.31. The van der Waals surface area contributed by atoms with Crippen LogP contribution in [0.15, 0.2) is 243 Å². The Bertz CT molecular complexity index is 4220. The SMILES string of the molecule is Cc1ccc2c(c1)C1(c3ccccc3-c3ccccc31)c1cc(N(c3ccccc3)c3cccc4c3c3ccccc3n4C)c3ccccc3c1-2.Cc1cccc2c1c1ccccc1n2C.Cc1ccccc1. The lowest BCUT2D eigenvalue weighted by molar-refractivity contribution is 0.793. The van der Waals surface area contributed by atoms with Gasteiger partial charge in [0, 0.05) is 63.3 Å². The number of aromatic nitrogens is 2. The second-order valence-electron chi connectivity index (χ2n) is 19.9. The molecule has 0 saturated heterocycles. The van der Waals surface area contributed by atoms with Gasteiger partial charge in [-0.3, -0.25) is 0 Å². The van der Waals surface area contributed by atoms with Gasteiger partial charge in [-0.05, 0) is 125 Å². The quantitative estimate of drug-likeness (QED) is 0.172. The Morgan fingerprint density at radius 2 is 0.836 bits per heavy atom. The van der Waals surface area contributed by atoms with Gasteiger partial charge in [0.2, 0.25) is 0 Å². The van der Waals surface area contributed by atoms with Crippen LogP contribution < -0.4 is 4.90 Å². The fourth-order valence-electron chi connectivity index (χ4n) is 12.6. The van der Waals surface area contributed by atoms with Crippen molar-refractivity contribution in [3.05, 3.63) is 282 Å². The molecule has 13 aromatic rings. The molecule has 11 aromatic carbocycles. The predicted octanol–water partition coefficient (Wildman–Crippen LogP) is 18.2. The van der Waals surface area contributed by atoms with Crippen LogP contribution in [0.3, 0.4) is 0 Å². The van der Waals surface area contributed by atoms with Crippen LogP contribution in [0.2, 0.25) is 0 Å². The van der Waals surface area contributed by atoms with E-state index < -0.39 is 5.41 Å². The van der Waals surface area contributed by atoms with Gasteiger partial charge in [0.1, 0.15) is 0 Å². The maximum Gasteiger partial charge on any atom is 0.0726 e. The molecule has 0 saturated carbocycles. The maximum atomic E-state index is 2.54. The summed E-state index contributed by atoms with van der Waals surface area (Å²) in [6.07, 6.45) is 0. The van der Waals surface area contributed by atoms with Crippen LogP contribution in [-0.2, 0) is 19.5 Å². The van der Waals surface area contributed by atoms with Gasteiger partial charge in [0.25, 0.3) is 0 Å². The zero-order valence-electron chi connectivity index (χ0n) is 41.9. The third-order valence-corrected chi connectivity index (χ3v) is 15.7. The minimum atomic E-state index is -0.448. The van der Waals surface area contributed by atoms with Crippen LogP contribution in [-0.4, -0.2) is 9.13 Å². The Morgan fingerprint density at radius 1 is 0.329 bits per heavy atom. The first kappa shape index (κ1) is 44.1. The van der Waals surface area contributed by atoms with Gasteiger partial charge in [-0.25, -0.2) is 0 Å². The standard InChI is InChI=1S/C49H34N2.C14H13N.C7H8/c1-31-27-28-37-41(29-31)49(39-22-11-8-17-33(39)34-18-9-12-23-40(34)49)42-30-46(35-19-6-7-20-36(35)47(37)42)51(32-15-4-3-5-16-32)45-26-14-25-44-48(45)38-21-10-13-24-43(38)50(44)2;1-10-6-5-9-13-14(10)11-7-3-4-8-12(11)15(13)2;1-7-5-3-2-4-6-7/h3-30H,1-2H3;3-9H,1-2H3;2-6H,1H3. The second kappa shape index (κ2) is 17.4. The molecule has 2 aliphatic carbocycles. The highest BCUT2D eigenvalue weighted by Crippen LogP contribution is 2.65. The highest BCUT2D eigenvalue weighted by atomic mass is 15.1. The Morgan fingerprint density at radius 3 is 1.47 bits per heavy atom. The molecular formula is C70H55N3. The molecule has 15 rings (SSSR count). The van der Waals surface area contributed by atoms with E-state index in [1.54, 1.807) is 0 Å². The van der Waals surface area contributed by atoms with E-state index in [0.29, 0.717) is 0 Å². The Kier molecular flexibility index (Phi) is 10.5. The fraction of sp³-hybridized carbons (Fsp3) is 0.0857. The van der Waals surface area contributed by atoms with E-state index in [-0.39, 0.29) is 0 Å². The van der Waals surface area contributed by atoms with Gasteiger partial charge < -0.3 is 14.0 Å². The van der Waals surface area contributed by atoms with Crippen molar-refractivity contribution in [3.63, 3.8) is 0 Å². The molecule has 2 aliphatic rings. The van der Waals surface area contributed by atoms with Crippen molar-refractivity contribution in [3.8, 4) is 22.3 Å². The minimum absolute atomic E-state index is 0.448. The molecule has 2 heterocycles. The van der Waals surface area contributed by atoms with E-state index in [1.807, 2.05) is 18.2 Å². The number of anilines is 3. The van der Waals surface area contributed by atoms with E-state index in [1.165, 1.54) is 127 Å². The van der Waals surface area contributed by atoms with E-state index in [9.17, 15) is 0 Å². The predicted molar refractivity (Wildman–Crippen MR) is 310 cm³/mol. The van der Waals surface area contributed by atoms with Crippen molar-refractivity contribution in [2.45, 2.75) is 26.2 Å². The molecule has 0 unspecified atom stereocenters. The molecule has 73 heavy (non-hydrogen) atoms. The largest absolute Gasteiger partial charge is 0.344 e. The molecule has 3 heteroatoms. The van der Waals surface area contributed by atoms with Gasteiger partial charge in [0.05, 0.1) is 22.3 Å². The molecule has 3 nitrogen and oxygen atoms in total. The molecule has 2 aromatic heterocycles. The molecule has 0 fully saturated rings. The van der Waals surface area contributed by atoms with Gasteiger partial charge in [0.15, 0.2) is 0 Å². The van der Waals surface area contributed by atoms with Gasteiger partial charge in [-0.15, -0.1) is 0 Å². The van der Waals surface area contributed by atoms with Gasteiger partial charge in [-0.1, -0.05) is 205 Å². The van der Waals surface area contributed by atoms with Crippen LogP contribution in [0.1, 0.15) is 38.9 Å². The van der Waals surface area contributed by atoms with Crippen LogP contribution in [0.25, 0.3) is 76.6 Å². The number of benzene rings is 11. The Hall–Kier alpha value is -8.92. The van der Waals surface area contributed by atoms with Crippen molar-refractivity contribution in [1.82, 2.24) is 9.13 Å². The van der Waals surface area contributed by atoms with E-state index in [0.717, 1.165) is 5.69 Å². The van der Waals surface area contributed by atoms with E-state index >= 15 is 0 Å². The topological polar surface area (TPSA) is 13.1 Å². The summed E-state index contributed by atoms with van der Waals surface area (Å²) in [6, 6.07) is 88.7. The number of fused-ring (bicyclic) bond motifs is 18. The maximum absolute atomic E-state index is 2.54. The van der Waals surface area contributed by atoms with Crippen LogP contribution in [0.4, 0.5) is 17.1 Å². The average Bonchev–Trinajstić information content (AvgIpc) is 4.13.